The molecule has 3 nitrogen and oxygen atoms in total. The van der Waals surface area contributed by atoms with Gasteiger partial charge in [0.2, 0.25) is 0 Å². The normalized spacial score (nSPS) is 7.90. The Morgan fingerprint density at radius 1 is 1.60 bits per heavy atom. The molecule has 58 valence electrons. The van der Waals surface area contributed by atoms with Crippen molar-refractivity contribution in [1.82, 2.24) is 3.71 Å². The SMILES string of the molecule is CCCOC(=O)N(S)S.[CaH2]. The van der Waals surface area contributed by atoms with Crippen molar-refractivity contribution in [3.8, 4) is 0 Å². The van der Waals surface area contributed by atoms with Crippen molar-refractivity contribution in [2.24, 2.45) is 0 Å². The van der Waals surface area contributed by atoms with Crippen molar-refractivity contribution < 1.29 is 9.53 Å². The summed E-state index contributed by atoms with van der Waals surface area (Å²) in [5, 5.41) is 0. The molecule has 0 saturated carbocycles. The molecule has 0 aliphatic heterocycles. The van der Waals surface area contributed by atoms with Gasteiger partial charge in [-0.25, -0.2) is 4.79 Å². The van der Waals surface area contributed by atoms with Crippen LogP contribution in [-0.2, 0) is 4.74 Å². The quantitative estimate of drug-likeness (QED) is 0.515. The van der Waals surface area contributed by atoms with E-state index in [1.165, 1.54) is 0 Å². The van der Waals surface area contributed by atoms with E-state index >= 15 is 0 Å². The van der Waals surface area contributed by atoms with Crippen LogP contribution in [0.4, 0.5) is 4.79 Å². The number of carbonyl (C=O) groups excluding carboxylic acids is 1. The first-order valence-electron chi connectivity index (χ1n) is 2.53. The zero-order chi connectivity index (χ0) is 7.28. The topological polar surface area (TPSA) is 29.5 Å². The van der Waals surface area contributed by atoms with Crippen LogP contribution < -0.4 is 0 Å². The van der Waals surface area contributed by atoms with Crippen LogP contribution in [0.2, 0.25) is 0 Å². The molecule has 0 atom stereocenters. The minimum absolute atomic E-state index is 0. The van der Waals surface area contributed by atoms with E-state index in [1.807, 2.05) is 6.92 Å². The van der Waals surface area contributed by atoms with E-state index in [2.05, 4.69) is 30.4 Å². The molecule has 6 heteroatoms. The molecule has 0 aromatic heterocycles. The Hall–Kier alpha value is 1.23. The third-order valence-electron chi connectivity index (χ3n) is 0.593. The number of hydrogen-bond donors (Lipinski definition) is 2. The molecule has 0 N–H and O–H groups in total. The number of hydrogen-bond acceptors (Lipinski definition) is 4. The molecule has 0 aromatic rings. The zero-order valence-corrected chi connectivity index (χ0v) is 6.86. The van der Waals surface area contributed by atoms with Crippen LogP contribution in [-0.4, -0.2) is 54.1 Å². The second-order valence-electron chi connectivity index (χ2n) is 1.40. The van der Waals surface area contributed by atoms with Gasteiger partial charge in [0, 0.05) is 0 Å². The maximum atomic E-state index is 10.5. The van der Waals surface area contributed by atoms with Crippen LogP contribution in [0, 0.1) is 0 Å². The molecule has 0 heterocycles. The van der Waals surface area contributed by atoms with E-state index < -0.39 is 6.09 Å². The Morgan fingerprint density at radius 2 is 2.10 bits per heavy atom. The van der Waals surface area contributed by atoms with Gasteiger partial charge in [0.15, 0.2) is 0 Å². The number of rotatable bonds is 2. The fourth-order valence-corrected chi connectivity index (χ4v) is 0.363. The molecule has 1 amide bonds. The Bertz CT molecular complexity index is 101. The molecule has 0 spiro atoms. The van der Waals surface area contributed by atoms with E-state index in [9.17, 15) is 4.79 Å². The summed E-state index contributed by atoms with van der Waals surface area (Å²) >= 11 is 7.18. The first-order chi connectivity index (χ1) is 4.18. The van der Waals surface area contributed by atoms with Crippen LogP contribution >= 0.6 is 25.6 Å². The molecule has 0 rings (SSSR count). The Balaban J connectivity index is 0. The summed E-state index contributed by atoms with van der Waals surface area (Å²) in [4.78, 5) is 10.5. The van der Waals surface area contributed by atoms with E-state index in [1.54, 1.807) is 0 Å². The van der Waals surface area contributed by atoms with Gasteiger partial charge in [-0.15, -0.1) is 0 Å². The average Bonchev–Trinajstić information content (AvgIpc) is 1.82. The fraction of sp³-hybridized carbons (Fsp3) is 0.750. The predicted molar refractivity (Wildman–Crippen MR) is 50.0 cm³/mol. The first-order valence-corrected chi connectivity index (χ1v) is 3.33. The standard InChI is InChI=1S/C4H9NO2S2.Ca.2H/c1-2-3-7-4(6)5(8)9;;;/h8-9H,2-3H2,1H3;;;. The van der Waals surface area contributed by atoms with Crippen molar-refractivity contribution >= 4 is 69.5 Å². The van der Waals surface area contributed by atoms with Gasteiger partial charge >= 0.3 is 43.8 Å². The summed E-state index contributed by atoms with van der Waals surface area (Å²) in [5.74, 6) is 0. The number of ether oxygens (including phenoxy) is 1. The molecule has 0 bridgehead atoms. The van der Waals surface area contributed by atoms with Crippen molar-refractivity contribution in [2.75, 3.05) is 6.61 Å². The summed E-state index contributed by atoms with van der Waals surface area (Å²) < 4.78 is 5.39. The molecule has 0 aromatic carbocycles. The summed E-state index contributed by atoms with van der Waals surface area (Å²) in [7, 11) is 0. The van der Waals surface area contributed by atoms with E-state index in [4.69, 9.17) is 0 Å². The van der Waals surface area contributed by atoms with Gasteiger partial charge in [0.1, 0.15) is 0 Å². The third kappa shape index (κ3) is 7.34. The summed E-state index contributed by atoms with van der Waals surface area (Å²) in [6.07, 6.45) is 0.268. The Kier molecular flexibility index (Phi) is 11.5. The van der Waals surface area contributed by atoms with E-state index in [0.29, 0.717) is 6.61 Å². The first kappa shape index (κ1) is 13.8. The van der Waals surface area contributed by atoms with Gasteiger partial charge in [-0.1, -0.05) is 6.92 Å². The molecule has 0 aliphatic carbocycles. The Labute approximate surface area is 102 Å². The van der Waals surface area contributed by atoms with Gasteiger partial charge in [-0.05, 0) is 32.1 Å². The molecular formula is C4H11CaNO2S2. The minimum atomic E-state index is -0.538. The van der Waals surface area contributed by atoms with Crippen molar-refractivity contribution in [3.63, 3.8) is 0 Å². The van der Waals surface area contributed by atoms with Crippen LogP contribution in [0.5, 0.6) is 0 Å². The van der Waals surface area contributed by atoms with Crippen molar-refractivity contribution in [3.05, 3.63) is 0 Å². The average molecular weight is 209 g/mol. The molecular weight excluding hydrogens is 198 g/mol. The zero-order valence-electron chi connectivity index (χ0n) is 5.07. The molecule has 0 saturated heterocycles. The predicted octanol–water partition coefficient (Wildman–Crippen LogP) is 0.608. The van der Waals surface area contributed by atoms with Gasteiger partial charge < -0.3 is 4.74 Å². The van der Waals surface area contributed by atoms with E-state index in [0.717, 1.165) is 10.1 Å². The number of amides is 1. The molecule has 0 aliphatic rings. The monoisotopic (exact) mass is 209 g/mol. The van der Waals surface area contributed by atoms with Crippen LogP contribution in [0.1, 0.15) is 13.3 Å². The summed E-state index contributed by atoms with van der Waals surface area (Å²) in [6.45, 7) is 2.32. The second kappa shape index (κ2) is 8.33. The van der Waals surface area contributed by atoms with Gasteiger partial charge in [-0.2, -0.15) is 3.71 Å². The summed E-state index contributed by atoms with van der Waals surface area (Å²) in [6, 6.07) is 0. The Morgan fingerprint density at radius 3 is 2.40 bits per heavy atom. The van der Waals surface area contributed by atoms with E-state index in [-0.39, 0.29) is 37.7 Å². The third-order valence-corrected chi connectivity index (χ3v) is 0.920. The molecule has 0 radical (unpaired) electrons. The number of nitrogens with zero attached hydrogens (tertiary/aromatic N) is 1. The van der Waals surface area contributed by atoms with Crippen molar-refractivity contribution in [2.45, 2.75) is 13.3 Å². The van der Waals surface area contributed by atoms with Gasteiger partial charge in [-0.3, -0.25) is 0 Å². The molecule has 0 fully saturated rings. The van der Waals surface area contributed by atoms with Gasteiger partial charge in [0.05, 0.1) is 6.61 Å². The maximum absolute atomic E-state index is 10.5. The molecule has 10 heavy (non-hydrogen) atoms. The van der Waals surface area contributed by atoms with Crippen LogP contribution in [0.15, 0.2) is 0 Å². The second-order valence-corrected chi connectivity index (χ2v) is 2.52. The summed E-state index contributed by atoms with van der Waals surface area (Å²) in [5.41, 5.74) is 0. The number of thiol groups is 2. The van der Waals surface area contributed by atoms with Crippen LogP contribution in [0.25, 0.3) is 0 Å². The number of carbonyl (C=O) groups is 1. The van der Waals surface area contributed by atoms with Crippen LogP contribution in [0.3, 0.4) is 0 Å². The van der Waals surface area contributed by atoms with Crippen molar-refractivity contribution in [1.29, 1.82) is 0 Å². The fourth-order valence-electron chi connectivity index (χ4n) is 0.247. The van der Waals surface area contributed by atoms with Gasteiger partial charge in [0.25, 0.3) is 0 Å². The molecule has 0 unspecified atom stereocenters.